The lowest BCUT2D eigenvalue weighted by atomic mass is 9.84. The van der Waals surface area contributed by atoms with E-state index in [1.165, 1.54) is 7.11 Å². The number of methoxy groups -OCH3 is 1. The zero-order chi connectivity index (χ0) is 12.0. The average Bonchev–Trinajstić information content (AvgIpc) is 2.27. The molecular weight excluding hydrogens is 208 g/mol. The van der Waals surface area contributed by atoms with Gasteiger partial charge in [0.25, 0.3) is 0 Å². The third-order valence-corrected chi connectivity index (χ3v) is 3.03. The van der Waals surface area contributed by atoms with Crippen LogP contribution in [0.15, 0.2) is 0 Å². The Morgan fingerprint density at radius 3 is 2.88 bits per heavy atom. The second-order valence-electron chi connectivity index (χ2n) is 4.41. The second kappa shape index (κ2) is 6.83. The van der Waals surface area contributed by atoms with E-state index in [2.05, 4.69) is 5.32 Å². The molecule has 0 aliphatic heterocycles. The molecule has 1 aliphatic carbocycles. The van der Waals surface area contributed by atoms with Crippen molar-refractivity contribution in [3.63, 3.8) is 0 Å². The summed E-state index contributed by atoms with van der Waals surface area (Å²) in [5.41, 5.74) is 5.90. The number of hydrogen-bond donors (Lipinski definition) is 3. The SMILES string of the molecule is COCC(O)CNC(=O)C1CCCCC1N. The number of rotatable bonds is 5. The van der Waals surface area contributed by atoms with Crippen LogP contribution in [0.2, 0.25) is 0 Å². The molecule has 4 N–H and O–H groups in total. The first-order chi connectivity index (χ1) is 7.65. The van der Waals surface area contributed by atoms with Crippen LogP contribution in [0.5, 0.6) is 0 Å². The van der Waals surface area contributed by atoms with E-state index in [0.717, 1.165) is 25.7 Å². The van der Waals surface area contributed by atoms with Gasteiger partial charge >= 0.3 is 0 Å². The predicted octanol–water partition coefficient (Wildman–Crippen LogP) is -0.373. The molecule has 94 valence electrons. The lowest BCUT2D eigenvalue weighted by molar-refractivity contribution is -0.127. The summed E-state index contributed by atoms with van der Waals surface area (Å²) in [6, 6.07) is -0.0340. The monoisotopic (exact) mass is 230 g/mol. The quantitative estimate of drug-likeness (QED) is 0.601. The molecule has 5 nitrogen and oxygen atoms in total. The Morgan fingerprint density at radius 2 is 2.25 bits per heavy atom. The molecule has 0 aromatic heterocycles. The number of aliphatic hydroxyl groups excluding tert-OH is 1. The molecule has 3 unspecified atom stereocenters. The molecule has 5 heteroatoms. The minimum atomic E-state index is -0.645. The van der Waals surface area contributed by atoms with Crippen molar-refractivity contribution in [3.05, 3.63) is 0 Å². The van der Waals surface area contributed by atoms with Gasteiger partial charge in [0.15, 0.2) is 0 Å². The Kier molecular flexibility index (Phi) is 5.73. The summed E-state index contributed by atoms with van der Waals surface area (Å²) >= 11 is 0. The van der Waals surface area contributed by atoms with Gasteiger partial charge in [-0.2, -0.15) is 0 Å². The topological polar surface area (TPSA) is 84.6 Å². The van der Waals surface area contributed by atoms with E-state index >= 15 is 0 Å². The van der Waals surface area contributed by atoms with E-state index in [1.54, 1.807) is 0 Å². The number of carbonyl (C=O) groups excluding carboxylic acids is 1. The van der Waals surface area contributed by atoms with Crippen molar-refractivity contribution >= 4 is 5.91 Å². The molecule has 3 atom stereocenters. The van der Waals surface area contributed by atoms with Crippen molar-refractivity contribution in [3.8, 4) is 0 Å². The highest BCUT2D eigenvalue weighted by Crippen LogP contribution is 2.22. The fourth-order valence-electron chi connectivity index (χ4n) is 2.09. The number of hydrogen-bond acceptors (Lipinski definition) is 4. The first kappa shape index (κ1) is 13.4. The van der Waals surface area contributed by atoms with Crippen molar-refractivity contribution in [2.75, 3.05) is 20.3 Å². The van der Waals surface area contributed by atoms with Crippen molar-refractivity contribution in [1.29, 1.82) is 0 Å². The van der Waals surface area contributed by atoms with E-state index in [-0.39, 0.29) is 31.0 Å². The highest BCUT2D eigenvalue weighted by Gasteiger charge is 2.28. The normalized spacial score (nSPS) is 27.4. The molecular formula is C11H22N2O3. The Balaban J connectivity index is 2.28. The fraction of sp³-hybridized carbons (Fsp3) is 0.909. The van der Waals surface area contributed by atoms with Crippen LogP contribution in [0.4, 0.5) is 0 Å². The van der Waals surface area contributed by atoms with Gasteiger partial charge in [-0.05, 0) is 12.8 Å². The smallest absolute Gasteiger partial charge is 0.224 e. The number of ether oxygens (including phenoxy) is 1. The van der Waals surface area contributed by atoms with Gasteiger partial charge in [0.2, 0.25) is 5.91 Å². The van der Waals surface area contributed by atoms with Gasteiger partial charge in [-0.1, -0.05) is 12.8 Å². The number of aliphatic hydroxyl groups is 1. The molecule has 1 rings (SSSR count). The number of carbonyl (C=O) groups is 1. The van der Waals surface area contributed by atoms with Crippen LogP contribution in [0.1, 0.15) is 25.7 Å². The highest BCUT2D eigenvalue weighted by molar-refractivity contribution is 5.79. The molecule has 0 aromatic carbocycles. The Labute approximate surface area is 96.3 Å². The number of amides is 1. The summed E-state index contributed by atoms with van der Waals surface area (Å²) in [6.45, 7) is 0.465. The van der Waals surface area contributed by atoms with E-state index in [4.69, 9.17) is 10.5 Å². The Morgan fingerprint density at radius 1 is 1.56 bits per heavy atom. The average molecular weight is 230 g/mol. The van der Waals surface area contributed by atoms with Crippen molar-refractivity contribution in [2.24, 2.45) is 11.7 Å². The van der Waals surface area contributed by atoms with Crippen LogP contribution >= 0.6 is 0 Å². The lowest BCUT2D eigenvalue weighted by Gasteiger charge is -2.27. The molecule has 1 saturated carbocycles. The maximum absolute atomic E-state index is 11.8. The van der Waals surface area contributed by atoms with Crippen LogP contribution in [-0.4, -0.2) is 43.4 Å². The van der Waals surface area contributed by atoms with Gasteiger partial charge in [-0.15, -0.1) is 0 Å². The van der Waals surface area contributed by atoms with Crippen molar-refractivity contribution in [1.82, 2.24) is 5.32 Å². The Hall–Kier alpha value is -0.650. The van der Waals surface area contributed by atoms with Gasteiger partial charge in [0.1, 0.15) is 0 Å². The first-order valence-corrected chi connectivity index (χ1v) is 5.85. The zero-order valence-corrected chi connectivity index (χ0v) is 9.82. The summed E-state index contributed by atoms with van der Waals surface area (Å²) < 4.78 is 4.78. The minimum Gasteiger partial charge on any atom is -0.389 e. The van der Waals surface area contributed by atoms with Crippen LogP contribution in [0.25, 0.3) is 0 Å². The third kappa shape index (κ3) is 4.08. The number of nitrogens with one attached hydrogen (secondary N) is 1. The van der Waals surface area contributed by atoms with Crippen molar-refractivity contribution < 1.29 is 14.6 Å². The molecule has 0 bridgehead atoms. The molecule has 1 aliphatic rings. The van der Waals surface area contributed by atoms with E-state index in [9.17, 15) is 9.90 Å². The van der Waals surface area contributed by atoms with Crippen LogP contribution in [0.3, 0.4) is 0 Å². The fourth-order valence-corrected chi connectivity index (χ4v) is 2.09. The molecule has 16 heavy (non-hydrogen) atoms. The standard InChI is InChI=1S/C11H22N2O3/c1-16-7-8(14)6-13-11(15)9-4-2-3-5-10(9)12/h8-10,14H,2-7,12H2,1H3,(H,13,15). The van der Waals surface area contributed by atoms with E-state index < -0.39 is 6.10 Å². The first-order valence-electron chi connectivity index (χ1n) is 5.85. The summed E-state index contributed by atoms with van der Waals surface area (Å²) in [4.78, 5) is 11.8. The maximum Gasteiger partial charge on any atom is 0.224 e. The van der Waals surface area contributed by atoms with E-state index in [0.29, 0.717) is 0 Å². The van der Waals surface area contributed by atoms with Gasteiger partial charge in [0.05, 0.1) is 18.6 Å². The predicted molar refractivity (Wildman–Crippen MR) is 60.8 cm³/mol. The van der Waals surface area contributed by atoms with Gasteiger partial charge in [-0.25, -0.2) is 0 Å². The minimum absolute atomic E-state index is 0.0340. The van der Waals surface area contributed by atoms with Crippen molar-refractivity contribution in [2.45, 2.75) is 37.8 Å². The second-order valence-corrected chi connectivity index (χ2v) is 4.41. The molecule has 0 radical (unpaired) electrons. The molecule has 1 amide bonds. The van der Waals surface area contributed by atoms with Crippen LogP contribution < -0.4 is 11.1 Å². The molecule has 1 fully saturated rings. The summed E-state index contributed by atoms with van der Waals surface area (Å²) in [7, 11) is 1.52. The Bertz CT molecular complexity index is 223. The molecule has 0 aromatic rings. The van der Waals surface area contributed by atoms with Gasteiger partial charge in [0, 0.05) is 19.7 Å². The summed E-state index contributed by atoms with van der Waals surface area (Å²) in [5.74, 6) is -0.133. The molecule has 0 saturated heterocycles. The summed E-state index contributed by atoms with van der Waals surface area (Å²) in [5, 5.41) is 12.1. The molecule has 0 heterocycles. The lowest BCUT2D eigenvalue weighted by Crippen LogP contribution is -2.45. The van der Waals surface area contributed by atoms with E-state index in [1.807, 2.05) is 0 Å². The highest BCUT2D eigenvalue weighted by atomic mass is 16.5. The third-order valence-electron chi connectivity index (χ3n) is 3.03. The summed E-state index contributed by atoms with van der Waals surface area (Å²) in [6.07, 6.45) is 3.30. The van der Waals surface area contributed by atoms with Gasteiger partial charge < -0.3 is 20.9 Å². The largest absolute Gasteiger partial charge is 0.389 e. The number of nitrogens with two attached hydrogens (primary N) is 1. The van der Waals surface area contributed by atoms with Crippen LogP contribution in [0, 0.1) is 5.92 Å². The maximum atomic E-state index is 11.8. The van der Waals surface area contributed by atoms with Crippen LogP contribution in [-0.2, 0) is 9.53 Å². The zero-order valence-electron chi connectivity index (χ0n) is 9.82. The van der Waals surface area contributed by atoms with Gasteiger partial charge in [-0.3, -0.25) is 4.79 Å². The molecule has 0 spiro atoms.